The van der Waals surface area contributed by atoms with Crippen molar-refractivity contribution in [2.75, 3.05) is 5.32 Å². The molecule has 0 radical (unpaired) electrons. The molecule has 0 fully saturated rings. The zero-order chi connectivity index (χ0) is 26.1. The molecule has 0 aliphatic rings. The minimum atomic E-state index is -0.437. The maximum Gasteiger partial charge on any atom is 0.237 e. The molecule has 1 unspecified atom stereocenters. The minimum absolute atomic E-state index is 0.145. The third kappa shape index (κ3) is 5.17. The first-order chi connectivity index (χ1) is 17.8. The summed E-state index contributed by atoms with van der Waals surface area (Å²) in [7, 11) is 0. The fourth-order valence-electron chi connectivity index (χ4n) is 4.19. The third-order valence-corrected chi connectivity index (χ3v) is 7.56. The van der Waals surface area contributed by atoms with Gasteiger partial charge in [0.1, 0.15) is 17.2 Å². The third-order valence-electron chi connectivity index (χ3n) is 6.35. The van der Waals surface area contributed by atoms with Gasteiger partial charge in [0.15, 0.2) is 5.65 Å². The van der Waals surface area contributed by atoms with Gasteiger partial charge in [-0.3, -0.25) is 4.79 Å². The van der Waals surface area contributed by atoms with Gasteiger partial charge in [0.25, 0.3) is 0 Å². The quantitative estimate of drug-likeness (QED) is 0.252. The highest BCUT2D eigenvalue weighted by atomic mass is 32.2. The first kappa shape index (κ1) is 24.8. The van der Waals surface area contributed by atoms with Gasteiger partial charge in [0.05, 0.1) is 10.8 Å². The van der Waals surface area contributed by atoms with Crippen LogP contribution in [-0.2, 0) is 11.3 Å². The highest BCUT2D eigenvalue weighted by Gasteiger charge is 2.22. The number of hydrogen-bond acceptors (Lipinski definition) is 5. The van der Waals surface area contributed by atoms with E-state index in [1.54, 1.807) is 18.2 Å². The second kappa shape index (κ2) is 10.3. The van der Waals surface area contributed by atoms with Crippen molar-refractivity contribution >= 4 is 45.4 Å². The van der Waals surface area contributed by atoms with E-state index in [2.05, 4.69) is 15.5 Å². The topological polar surface area (TPSA) is 72.7 Å². The van der Waals surface area contributed by atoms with Crippen molar-refractivity contribution in [1.29, 1.82) is 0 Å². The second-order valence-corrected chi connectivity index (χ2v) is 10.1. The number of thioether (sulfide) groups is 1. The van der Waals surface area contributed by atoms with Crippen molar-refractivity contribution in [1.82, 2.24) is 19.7 Å². The average Bonchev–Trinajstić information content (AvgIpc) is 3.18. The van der Waals surface area contributed by atoms with Gasteiger partial charge in [-0.05, 0) is 79.4 Å². The van der Waals surface area contributed by atoms with Crippen LogP contribution in [0.1, 0.15) is 30.0 Å². The average molecular weight is 518 g/mol. The van der Waals surface area contributed by atoms with Gasteiger partial charge in [-0.1, -0.05) is 36.9 Å². The van der Waals surface area contributed by atoms with E-state index in [0.717, 1.165) is 27.9 Å². The Labute approximate surface area is 217 Å². The van der Waals surface area contributed by atoms with Crippen LogP contribution in [0.2, 0.25) is 0 Å². The van der Waals surface area contributed by atoms with Crippen LogP contribution in [0.4, 0.5) is 14.5 Å². The molecule has 1 amide bonds. The molecule has 0 saturated carbocycles. The molecule has 1 atom stereocenters. The summed E-state index contributed by atoms with van der Waals surface area (Å²) in [5, 5.41) is 12.1. The normalized spacial score (nSPS) is 12.2. The number of aryl methyl sites for hydroxylation is 2. The standard InChI is InChI=1S/C28H25F2N5OS/c1-4-24(27(36)31-21-11-5-16(2)17(3)13-21)37-28-32-26-25(33-34-28)22-14-20(30)10-12-23(22)35(26)15-18-6-8-19(29)9-7-18/h5-14,24H,4,15H2,1-3H3,(H,31,36). The van der Waals surface area contributed by atoms with Crippen molar-refractivity contribution in [3.05, 3.63) is 89.0 Å². The molecule has 188 valence electrons. The zero-order valence-corrected chi connectivity index (χ0v) is 21.4. The monoisotopic (exact) mass is 517 g/mol. The summed E-state index contributed by atoms with van der Waals surface area (Å²) in [6.45, 7) is 6.34. The lowest BCUT2D eigenvalue weighted by atomic mass is 10.1. The van der Waals surface area contributed by atoms with Crippen LogP contribution in [0.15, 0.2) is 65.8 Å². The molecule has 0 aliphatic heterocycles. The highest BCUT2D eigenvalue weighted by molar-refractivity contribution is 8.00. The van der Waals surface area contributed by atoms with E-state index < -0.39 is 5.25 Å². The number of carbonyl (C=O) groups is 1. The molecule has 2 aromatic heterocycles. The number of amides is 1. The summed E-state index contributed by atoms with van der Waals surface area (Å²) in [6, 6.07) is 16.5. The van der Waals surface area contributed by atoms with E-state index in [9.17, 15) is 13.6 Å². The lowest BCUT2D eigenvalue weighted by Gasteiger charge is -2.14. The number of benzene rings is 3. The van der Waals surface area contributed by atoms with Crippen LogP contribution in [0, 0.1) is 25.5 Å². The van der Waals surface area contributed by atoms with Crippen LogP contribution in [0.5, 0.6) is 0 Å². The molecule has 2 heterocycles. The van der Waals surface area contributed by atoms with E-state index >= 15 is 0 Å². The molecule has 5 aromatic rings. The molecule has 0 saturated heterocycles. The molecule has 0 aliphatic carbocycles. The molecule has 6 nitrogen and oxygen atoms in total. The van der Waals surface area contributed by atoms with Gasteiger partial charge in [-0.25, -0.2) is 13.8 Å². The van der Waals surface area contributed by atoms with Gasteiger partial charge in [0.2, 0.25) is 11.1 Å². The lowest BCUT2D eigenvalue weighted by molar-refractivity contribution is -0.115. The number of aromatic nitrogens is 4. The molecule has 9 heteroatoms. The number of carbonyl (C=O) groups excluding carboxylic acids is 1. The van der Waals surface area contributed by atoms with E-state index in [1.165, 1.54) is 36.0 Å². The van der Waals surface area contributed by atoms with Crippen molar-refractivity contribution in [2.24, 2.45) is 0 Å². The number of anilines is 1. The van der Waals surface area contributed by atoms with Crippen molar-refractivity contribution in [2.45, 2.75) is 44.1 Å². The molecule has 0 spiro atoms. The lowest BCUT2D eigenvalue weighted by Crippen LogP contribution is -2.25. The van der Waals surface area contributed by atoms with Crippen LogP contribution < -0.4 is 5.32 Å². The van der Waals surface area contributed by atoms with Gasteiger partial charge in [-0.15, -0.1) is 10.2 Å². The fourth-order valence-corrected chi connectivity index (χ4v) is 5.00. The van der Waals surface area contributed by atoms with Crippen LogP contribution >= 0.6 is 11.8 Å². The number of halogens is 2. The van der Waals surface area contributed by atoms with Gasteiger partial charge in [0, 0.05) is 17.6 Å². The van der Waals surface area contributed by atoms with Crippen molar-refractivity contribution in [3.63, 3.8) is 0 Å². The maximum atomic E-state index is 14.1. The Morgan fingerprint density at radius 1 is 0.973 bits per heavy atom. The maximum absolute atomic E-state index is 14.1. The Hall–Kier alpha value is -3.85. The Balaban J connectivity index is 1.48. The SMILES string of the molecule is CCC(Sc1nnc2c3cc(F)ccc3n(Cc3ccc(F)cc3)c2n1)C(=O)Nc1ccc(C)c(C)c1. The molecule has 5 rings (SSSR count). The number of rotatable bonds is 7. The van der Waals surface area contributed by atoms with Gasteiger partial charge < -0.3 is 9.88 Å². The summed E-state index contributed by atoms with van der Waals surface area (Å²) in [5.74, 6) is -0.851. The first-order valence-electron chi connectivity index (χ1n) is 11.9. The van der Waals surface area contributed by atoms with E-state index in [4.69, 9.17) is 4.98 Å². The smallest absolute Gasteiger partial charge is 0.237 e. The zero-order valence-electron chi connectivity index (χ0n) is 20.6. The second-order valence-electron chi connectivity index (χ2n) is 8.94. The molecule has 0 bridgehead atoms. The number of fused-ring (bicyclic) bond motifs is 3. The molecular formula is C28H25F2N5OS. The number of nitrogens with one attached hydrogen (secondary N) is 1. The Morgan fingerprint density at radius 3 is 2.46 bits per heavy atom. The van der Waals surface area contributed by atoms with E-state index in [0.29, 0.717) is 34.7 Å². The number of hydrogen-bond donors (Lipinski definition) is 1. The summed E-state index contributed by atoms with van der Waals surface area (Å²) in [4.78, 5) is 17.8. The van der Waals surface area contributed by atoms with Crippen LogP contribution in [-0.4, -0.2) is 30.9 Å². The van der Waals surface area contributed by atoms with E-state index in [-0.39, 0.29) is 17.5 Å². The molecule has 37 heavy (non-hydrogen) atoms. The Kier molecular flexibility index (Phi) is 6.88. The number of nitrogens with zero attached hydrogens (tertiary/aromatic N) is 4. The summed E-state index contributed by atoms with van der Waals surface area (Å²) < 4.78 is 29.4. The highest BCUT2D eigenvalue weighted by Crippen LogP contribution is 2.30. The minimum Gasteiger partial charge on any atom is -0.325 e. The van der Waals surface area contributed by atoms with E-state index in [1.807, 2.05) is 43.5 Å². The van der Waals surface area contributed by atoms with Gasteiger partial charge >= 0.3 is 0 Å². The van der Waals surface area contributed by atoms with Crippen molar-refractivity contribution < 1.29 is 13.6 Å². The summed E-state index contributed by atoms with van der Waals surface area (Å²) in [6.07, 6.45) is 0.562. The van der Waals surface area contributed by atoms with Crippen LogP contribution in [0.25, 0.3) is 22.1 Å². The Morgan fingerprint density at radius 2 is 1.73 bits per heavy atom. The fraction of sp³-hybridized carbons (Fsp3) is 0.214. The Bertz CT molecular complexity index is 1620. The first-order valence-corrected chi connectivity index (χ1v) is 12.8. The predicted molar refractivity (Wildman–Crippen MR) is 143 cm³/mol. The summed E-state index contributed by atoms with van der Waals surface area (Å²) >= 11 is 1.23. The molecule has 3 aromatic carbocycles. The largest absolute Gasteiger partial charge is 0.325 e. The molecule has 1 N–H and O–H groups in total. The van der Waals surface area contributed by atoms with Gasteiger partial charge in [-0.2, -0.15) is 0 Å². The predicted octanol–water partition coefficient (Wildman–Crippen LogP) is 6.43. The molecular weight excluding hydrogens is 492 g/mol. The summed E-state index contributed by atoms with van der Waals surface area (Å²) in [5.41, 5.74) is 5.58. The van der Waals surface area contributed by atoms with Crippen molar-refractivity contribution in [3.8, 4) is 0 Å². The van der Waals surface area contributed by atoms with Crippen LogP contribution in [0.3, 0.4) is 0 Å².